The van der Waals surface area contributed by atoms with Gasteiger partial charge in [0.15, 0.2) is 5.60 Å². The van der Waals surface area contributed by atoms with Crippen LogP contribution < -0.4 is 15.4 Å². The first-order valence-corrected chi connectivity index (χ1v) is 8.05. The number of rotatable bonds is 7. The Labute approximate surface area is 136 Å². The molecule has 6 heteroatoms. The van der Waals surface area contributed by atoms with Gasteiger partial charge in [-0.15, -0.1) is 0 Å². The summed E-state index contributed by atoms with van der Waals surface area (Å²) in [7, 11) is 0. The maximum Gasteiger partial charge on any atom is 0.264 e. The maximum atomic E-state index is 12.6. The van der Waals surface area contributed by atoms with Crippen molar-refractivity contribution in [1.29, 1.82) is 0 Å². The summed E-state index contributed by atoms with van der Waals surface area (Å²) in [5.74, 6) is 0.579. The molecular formula is C16H23ClN2O3. The smallest absolute Gasteiger partial charge is 0.264 e. The van der Waals surface area contributed by atoms with E-state index in [1.54, 1.807) is 24.3 Å². The number of hydrogen-bond donors (Lipinski definition) is 2. The van der Waals surface area contributed by atoms with Crippen LogP contribution in [0, 0.1) is 0 Å². The molecule has 1 aliphatic rings. The predicted molar refractivity (Wildman–Crippen MR) is 86.4 cm³/mol. The Morgan fingerprint density at radius 2 is 2.00 bits per heavy atom. The molecule has 0 spiro atoms. The van der Waals surface area contributed by atoms with Gasteiger partial charge in [0.2, 0.25) is 0 Å². The fraction of sp³-hybridized carbons (Fsp3) is 0.562. The van der Waals surface area contributed by atoms with Gasteiger partial charge in [-0.25, -0.2) is 0 Å². The Kier molecular flexibility index (Phi) is 6.49. The van der Waals surface area contributed by atoms with Crippen LogP contribution in [0.2, 0.25) is 5.02 Å². The van der Waals surface area contributed by atoms with Gasteiger partial charge in [-0.05, 0) is 44.3 Å². The van der Waals surface area contributed by atoms with E-state index >= 15 is 0 Å². The summed E-state index contributed by atoms with van der Waals surface area (Å²) >= 11 is 5.89. The highest BCUT2D eigenvalue weighted by molar-refractivity contribution is 6.30. The lowest BCUT2D eigenvalue weighted by atomic mass is 9.91. The fourth-order valence-electron chi connectivity index (χ4n) is 2.48. The van der Waals surface area contributed by atoms with E-state index in [2.05, 4.69) is 10.6 Å². The molecule has 1 aliphatic heterocycles. The van der Waals surface area contributed by atoms with Crippen molar-refractivity contribution in [3.8, 4) is 5.75 Å². The molecule has 1 saturated heterocycles. The third kappa shape index (κ3) is 4.60. The van der Waals surface area contributed by atoms with Gasteiger partial charge in [0.25, 0.3) is 5.91 Å². The number of carbonyl (C=O) groups excluding carboxylic acids is 1. The molecule has 1 aromatic rings. The number of benzene rings is 1. The first-order valence-electron chi connectivity index (χ1n) is 7.67. The molecular weight excluding hydrogens is 304 g/mol. The Morgan fingerprint density at radius 1 is 1.32 bits per heavy atom. The van der Waals surface area contributed by atoms with Crippen molar-refractivity contribution in [2.75, 3.05) is 32.8 Å². The second-order valence-electron chi connectivity index (χ2n) is 5.25. The number of ether oxygens (including phenoxy) is 2. The van der Waals surface area contributed by atoms with Crippen molar-refractivity contribution >= 4 is 17.5 Å². The van der Waals surface area contributed by atoms with Crippen LogP contribution >= 0.6 is 11.6 Å². The van der Waals surface area contributed by atoms with Crippen LogP contribution in [0.25, 0.3) is 0 Å². The molecule has 0 bridgehead atoms. The van der Waals surface area contributed by atoms with Gasteiger partial charge in [-0.3, -0.25) is 4.79 Å². The van der Waals surface area contributed by atoms with E-state index in [4.69, 9.17) is 21.1 Å². The first kappa shape index (κ1) is 17.1. The third-order valence-corrected chi connectivity index (χ3v) is 3.94. The van der Waals surface area contributed by atoms with Crippen molar-refractivity contribution in [2.45, 2.75) is 25.4 Å². The topological polar surface area (TPSA) is 59.6 Å². The molecule has 2 N–H and O–H groups in total. The Hall–Kier alpha value is -1.30. The summed E-state index contributed by atoms with van der Waals surface area (Å²) in [4.78, 5) is 12.6. The molecule has 0 radical (unpaired) electrons. The Morgan fingerprint density at radius 3 is 2.64 bits per heavy atom. The van der Waals surface area contributed by atoms with E-state index in [9.17, 15) is 4.79 Å². The Bertz CT molecular complexity index is 473. The third-order valence-electron chi connectivity index (χ3n) is 3.69. The molecule has 0 atom stereocenters. The fourth-order valence-corrected chi connectivity index (χ4v) is 2.60. The van der Waals surface area contributed by atoms with Gasteiger partial charge in [0.1, 0.15) is 5.75 Å². The molecule has 0 aromatic heterocycles. The van der Waals surface area contributed by atoms with E-state index < -0.39 is 5.60 Å². The molecule has 22 heavy (non-hydrogen) atoms. The van der Waals surface area contributed by atoms with Crippen LogP contribution in [0.4, 0.5) is 0 Å². The standard InChI is InChI=1S/C16H23ClN2O3/c1-2-21-12-11-19-15(20)16(7-9-18-10-8-16)22-14-5-3-13(17)4-6-14/h3-6,18H,2,7-12H2,1H3,(H,19,20). The van der Waals surface area contributed by atoms with E-state index in [0.29, 0.717) is 43.4 Å². The average molecular weight is 327 g/mol. The summed E-state index contributed by atoms with van der Waals surface area (Å²) in [5, 5.41) is 6.82. The molecule has 0 unspecified atom stereocenters. The van der Waals surface area contributed by atoms with Crippen molar-refractivity contribution in [1.82, 2.24) is 10.6 Å². The highest BCUT2D eigenvalue weighted by Crippen LogP contribution is 2.27. The van der Waals surface area contributed by atoms with Crippen LogP contribution in [0.3, 0.4) is 0 Å². The lowest BCUT2D eigenvalue weighted by Crippen LogP contribution is -2.57. The molecule has 5 nitrogen and oxygen atoms in total. The van der Waals surface area contributed by atoms with Crippen LogP contribution in [-0.2, 0) is 9.53 Å². The summed E-state index contributed by atoms with van der Waals surface area (Å²) in [6.45, 7) is 5.09. The van der Waals surface area contributed by atoms with Gasteiger partial charge in [0.05, 0.1) is 6.61 Å². The predicted octanol–water partition coefficient (Wildman–Crippen LogP) is 1.99. The first-order chi connectivity index (χ1) is 10.7. The number of hydrogen-bond acceptors (Lipinski definition) is 4. The molecule has 0 saturated carbocycles. The number of halogens is 1. The Balaban J connectivity index is 2.03. The minimum Gasteiger partial charge on any atom is -0.477 e. The molecule has 1 fully saturated rings. The van der Waals surface area contributed by atoms with E-state index in [1.165, 1.54) is 0 Å². The van der Waals surface area contributed by atoms with Crippen LogP contribution in [0.15, 0.2) is 24.3 Å². The SMILES string of the molecule is CCOCCNC(=O)C1(Oc2ccc(Cl)cc2)CCNCC1. The highest BCUT2D eigenvalue weighted by atomic mass is 35.5. The van der Waals surface area contributed by atoms with Crippen LogP contribution in [-0.4, -0.2) is 44.4 Å². The van der Waals surface area contributed by atoms with Gasteiger partial charge in [-0.1, -0.05) is 11.6 Å². The minimum absolute atomic E-state index is 0.0800. The molecule has 0 aliphatic carbocycles. The maximum absolute atomic E-state index is 12.6. The van der Waals surface area contributed by atoms with Gasteiger partial charge >= 0.3 is 0 Å². The zero-order valence-corrected chi connectivity index (χ0v) is 13.6. The van der Waals surface area contributed by atoms with E-state index in [0.717, 1.165) is 13.1 Å². The largest absolute Gasteiger partial charge is 0.477 e. The van der Waals surface area contributed by atoms with Gasteiger partial charge in [0, 0.05) is 31.0 Å². The normalized spacial score (nSPS) is 17.0. The van der Waals surface area contributed by atoms with Crippen molar-refractivity contribution in [3.05, 3.63) is 29.3 Å². The van der Waals surface area contributed by atoms with Crippen molar-refractivity contribution in [3.63, 3.8) is 0 Å². The molecule has 122 valence electrons. The van der Waals surface area contributed by atoms with Gasteiger partial charge in [-0.2, -0.15) is 0 Å². The number of nitrogens with one attached hydrogen (secondary N) is 2. The second-order valence-corrected chi connectivity index (χ2v) is 5.69. The second kappa shape index (κ2) is 8.36. The monoisotopic (exact) mass is 326 g/mol. The molecule has 1 aromatic carbocycles. The number of amides is 1. The number of piperidine rings is 1. The van der Waals surface area contributed by atoms with Gasteiger partial charge < -0.3 is 20.1 Å². The highest BCUT2D eigenvalue weighted by Gasteiger charge is 2.41. The summed E-state index contributed by atoms with van der Waals surface area (Å²) < 4.78 is 11.3. The lowest BCUT2D eigenvalue weighted by molar-refractivity contribution is -0.139. The lowest BCUT2D eigenvalue weighted by Gasteiger charge is -2.36. The zero-order chi connectivity index (χ0) is 15.8. The quantitative estimate of drug-likeness (QED) is 0.752. The number of carbonyl (C=O) groups is 1. The molecule has 1 heterocycles. The summed E-state index contributed by atoms with van der Waals surface area (Å²) in [5.41, 5.74) is -0.828. The average Bonchev–Trinajstić information content (AvgIpc) is 2.54. The van der Waals surface area contributed by atoms with Crippen LogP contribution in [0.5, 0.6) is 5.75 Å². The summed E-state index contributed by atoms with van der Waals surface area (Å²) in [6.07, 6.45) is 1.27. The summed E-state index contributed by atoms with van der Waals surface area (Å²) in [6, 6.07) is 7.11. The molecule has 2 rings (SSSR count). The zero-order valence-electron chi connectivity index (χ0n) is 12.9. The van der Waals surface area contributed by atoms with Crippen molar-refractivity contribution in [2.24, 2.45) is 0 Å². The van der Waals surface area contributed by atoms with E-state index in [1.807, 2.05) is 6.92 Å². The minimum atomic E-state index is -0.828. The van der Waals surface area contributed by atoms with Crippen LogP contribution in [0.1, 0.15) is 19.8 Å². The van der Waals surface area contributed by atoms with Crippen molar-refractivity contribution < 1.29 is 14.3 Å². The van der Waals surface area contributed by atoms with E-state index in [-0.39, 0.29) is 5.91 Å². The molecule has 1 amide bonds.